The normalized spacial score (nSPS) is 23.4. The van der Waals surface area contributed by atoms with E-state index in [4.69, 9.17) is 22.1 Å². The van der Waals surface area contributed by atoms with Gasteiger partial charge in [-0.25, -0.2) is 0 Å². The summed E-state index contributed by atoms with van der Waals surface area (Å²) in [6.07, 6.45) is 2.68. The molecule has 0 spiro atoms. The fourth-order valence-electron chi connectivity index (χ4n) is 2.48. The summed E-state index contributed by atoms with van der Waals surface area (Å²) >= 11 is 5.89. The molecule has 100 valence electrons. The van der Waals surface area contributed by atoms with E-state index in [1.165, 1.54) is 5.56 Å². The Morgan fingerprint density at radius 1 is 1.50 bits per heavy atom. The molecule has 3 nitrogen and oxygen atoms in total. The molecule has 0 amide bonds. The molecule has 1 aliphatic heterocycles. The van der Waals surface area contributed by atoms with Crippen molar-refractivity contribution in [3.63, 3.8) is 0 Å². The van der Waals surface area contributed by atoms with Crippen molar-refractivity contribution >= 4 is 17.3 Å². The number of halogens is 1. The van der Waals surface area contributed by atoms with Gasteiger partial charge in [0.05, 0.1) is 16.8 Å². The van der Waals surface area contributed by atoms with E-state index >= 15 is 0 Å². The average molecular weight is 269 g/mol. The molecule has 1 fully saturated rings. The molecule has 0 aliphatic carbocycles. The average Bonchev–Trinajstić information content (AvgIpc) is 2.81. The Morgan fingerprint density at radius 3 is 3.06 bits per heavy atom. The number of hydrogen-bond donors (Lipinski definition) is 2. The molecule has 0 aromatic heterocycles. The summed E-state index contributed by atoms with van der Waals surface area (Å²) < 4.78 is 5.67. The van der Waals surface area contributed by atoms with Gasteiger partial charge in [0, 0.05) is 19.7 Å². The van der Waals surface area contributed by atoms with E-state index in [1.807, 2.05) is 18.2 Å². The third-order valence-corrected chi connectivity index (χ3v) is 3.89. The third-order valence-electron chi connectivity index (χ3n) is 3.54. The number of nitrogens with two attached hydrogens (primary N) is 1. The maximum absolute atomic E-state index is 5.89. The van der Waals surface area contributed by atoms with Crippen molar-refractivity contribution in [1.82, 2.24) is 5.32 Å². The maximum Gasteiger partial charge on any atom is 0.0635 e. The zero-order valence-electron chi connectivity index (χ0n) is 10.8. The van der Waals surface area contributed by atoms with E-state index in [1.54, 1.807) is 0 Å². The molecule has 4 heteroatoms. The SMILES string of the molecule is CCC1OCCC1CNCc1ccc(Cl)c(N)c1. The van der Waals surface area contributed by atoms with Gasteiger partial charge >= 0.3 is 0 Å². The van der Waals surface area contributed by atoms with Crippen LogP contribution in [0.5, 0.6) is 0 Å². The van der Waals surface area contributed by atoms with Crippen LogP contribution in [-0.2, 0) is 11.3 Å². The first kappa shape index (κ1) is 13.7. The van der Waals surface area contributed by atoms with Gasteiger partial charge in [-0.15, -0.1) is 0 Å². The van der Waals surface area contributed by atoms with E-state index in [2.05, 4.69) is 12.2 Å². The lowest BCUT2D eigenvalue weighted by molar-refractivity contribution is 0.0872. The van der Waals surface area contributed by atoms with Gasteiger partial charge in [-0.2, -0.15) is 0 Å². The lowest BCUT2D eigenvalue weighted by Crippen LogP contribution is -2.27. The van der Waals surface area contributed by atoms with Crippen molar-refractivity contribution < 1.29 is 4.74 Å². The number of anilines is 1. The topological polar surface area (TPSA) is 47.3 Å². The molecular formula is C14H21ClN2O. The van der Waals surface area contributed by atoms with E-state index < -0.39 is 0 Å². The van der Waals surface area contributed by atoms with Gasteiger partial charge in [-0.1, -0.05) is 24.6 Å². The highest BCUT2D eigenvalue weighted by atomic mass is 35.5. The lowest BCUT2D eigenvalue weighted by Gasteiger charge is -2.17. The van der Waals surface area contributed by atoms with Crippen molar-refractivity contribution in [1.29, 1.82) is 0 Å². The first-order chi connectivity index (χ1) is 8.70. The van der Waals surface area contributed by atoms with Crippen molar-refractivity contribution in [2.24, 2.45) is 5.92 Å². The fraction of sp³-hybridized carbons (Fsp3) is 0.571. The Kier molecular flexibility index (Phi) is 4.87. The zero-order chi connectivity index (χ0) is 13.0. The summed E-state index contributed by atoms with van der Waals surface area (Å²) in [6, 6.07) is 5.79. The van der Waals surface area contributed by atoms with Gasteiger partial charge in [0.15, 0.2) is 0 Å². The minimum atomic E-state index is 0.424. The van der Waals surface area contributed by atoms with Crippen LogP contribution in [0.25, 0.3) is 0 Å². The highest BCUT2D eigenvalue weighted by Crippen LogP contribution is 2.23. The van der Waals surface area contributed by atoms with E-state index in [-0.39, 0.29) is 0 Å². The first-order valence-electron chi connectivity index (χ1n) is 6.57. The molecule has 2 atom stereocenters. The number of rotatable bonds is 5. The number of ether oxygens (including phenoxy) is 1. The molecule has 0 bridgehead atoms. The minimum absolute atomic E-state index is 0.424. The van der Waals surface area contributed by atoms with Crippen LogP contribution in [0.2, 0.25) is 5.02 Å². The third kappa shape index (κ3) is 3.37. The van der Waals surface area contributed by atoms with Crippen LogP contribution in [-0.4, -0.2) is 19.3 Å². The molecule has 1 aliphatic rings. The van der Waals surface area contributed by atoms with Gasteiger partial charge in [0.2, 0.25) is 0 Å². The Hall–Kier alpha value is -0.770. The Morgan fingerprint density at radius 2 is 2.33 bits per heavy atom. The van der Waals surface area contributed by atoms with Crippen LogP contribution in [0.3, 0.4) is 0 Å². The van der Waals surface area contributed by atoms with Gasteiger partial charge < -0.3 is 15.8 Å². The predicted molar refractivity (Wildman–Crippen MR) is 75.7 cm³/mol. The summed E-state index contributed by atoms with van der Waals surface area (Å²) in [6.45, 7) is 4.91. The number of nitrogens with one attached hydrogen (secondary N) is 1. The quantitative estimate of drug-likeness (QED) is 0.808. The Balaban J connectivity index is 1.79. The van der Waals surface area contributed by atoms with Gasteiger partial charge in [-0.3, -0.25) is 0 Å². The summed E-state index contributed by atoms with van der Waals surface area (Å²) in [5.41, 5.74) is 7.59. The molecule has 1 saturated heterocycles. The zero-order valence-corrected chi connectivity index (χ0v) is 11.5. The Labute approximate surface area is 114 Å². The second kappa shape index (κ2) is 6.41. The molecule has 3 N–H and O–H groups in total. The second-order valence-electron chi connectivity index (χ2n) is 4.85. The van der Waals surface area contributed by atoms with E-state index in [0.29, 0.717) is 22.7 Å². The van der Waals surface area contributed by atoms with Crippen molar-refractivity contribution in [2.75, 3.05) is 18.9 Å². The van der Waals surface area contributed by atoms with Gasteiger partial charge in [0.25, 0.3) is 0 Å². The smallest absolute Gasteiger partial charge is 0.0635 e. The Bertz CT molecular complexity index is 397. The molecule has 1 aromatic rings. The highest BCUT2D eigenvalue weighted by Gasteiger charge is 2.25. The molecule has 2 unspecified atom stereocenters. The largest absolute Gasteiger partial charge is 0.398 e. The van der Waals surface area contributed by atoms with Crippen LogP contribution in [0.1, 0.15) is 25.3 Å². The first-order valence-corrected chi connectivity index (χ1v) is 6.94. The molecule has 18 heavy (non-hydrogen) atoms. The summed E-state index contributed by atoms with van der Waals surface area (Å²) in [7, 11) is 0. The van der Waals surface area contributed by atoms with Crippen molar-refractivity contribution in [3.8, 4) is 0 Å². The van der Waals surface area contributed by atoms with Crippen molar-refractivity contribution in [3.05, 3.63) is 28.8 Å². The van der Waals surface area contributed by atoms with Gasteiger partial charge in [0.1, 0.15) is 0 Å². The molecule has 0 saturated carbocycles. The molecule has 1 heterocycles. The van der Waals surface area contributed by atoms with Crippen LogP contribution in [0.4, 0.5) is 5.69 Å². The van der Waals surface area contributed by atoms with Gasteiger partial charge in [-0.05, 0) is 36.5 Å². The number of benzene rings is 1. The fourth-order valence-corrected chi connectivity index (χ4v) is 2.60. The van der Waals surface area contributed by atoms with Crippen LogP contribution >= 0.6 is 11.6 Å². The summed E-state index contributed by atoms with van der Waals surface area (Å²) in [4.78, 5) is 0. The van der Waals surface area contributed by atoms with Crippen molar-refractivity contribution in [2.45, 2.75) is 32.4 Å². The second-order valence-corrected chi connectivity index (χ2v) is 5.26. The lowest BCUT2D eigenvalue weighted by atomic mass is 9.99. The maximum atomic E-state index is 5.89. The highest BCUT2D eigenvalue weighted by molar-refractivity contribution is 6.33. The predicted octanol–water partition coefficient (Wildman–Crippen LogP) is 2.83. The van der Waals surface area contributed by atoms with E-state index in [0.717, 1.165) is 32.5 Å². The molecular weight excluding hydrogens is 248 g/mol. The van der Waals surface area contributed by atoms with Crippen LogP contribution in [0, 0.1) is 5.92 Å². The molecule has 0 radical (unpaired) electrons. The number of hydrogen-bond acceptors (Lipinski definition) is 3. The minimum Gasteiger partial charge on any atom is -0.398 e. The standard InChI is InChI=1S/C14H21ClN2O/c1-2-14-11(5-6-18-14)9-17-8-10-3-4-12(15)13(16)7-10/h3-4,7,11,14,17H,2,5-6,8-9,16H2,1H3. The monoisotopic (exact) mass is 268 g/mol. The van der Waals surface area contributed by atoms with Crippen LogP contribution < -0.4 is 11.1 Å². The summed E-state index contributed by atoms with van der Waals surface area (Å²) in [5, 5.41) is 4.10. The molecule has 1 aromatic carbocycles. The summed E-state index contributed by atoms with van der Waals surface area (Å²) in [5.74, 6) is 0.639. The van der Waals surface area contributed by atoms with Crippen LogP contribution in [0.15, 0.2) is 18.2 Å². The molecule has 2 rings (SSSR count). The van der Waals surface area contributed by atoms with E-state index in [9.17, 15) is 0 Å². The number of nitrogen functional groups attached to an aromatic ring is 1.